The zero-order chi connectivity index (χ0) is 23.2. The van der Waals surface area contributed by atoms with E-state index in [0.717, 1.165) is 54.7 Å². The summed E-state index contributed by atoms with van der Waals surface area (Å²) in [5.41, 5.74) is 3.60. The third kappa shape index (κ3) is 3.67. The highest BCUT2D eigenvalue weighted by Gasteiger charge is 2.49. The van der Waals surface area contributed by atoms with E-state index in [1.165, 1.54) is 0 Å². The lowest BCUT2D eigenvalue weighted by atomic mass is 9.77. The van der Waals surface area contributed by atoms with E-state index in [1.807, 2.05) is 17.9 Å². The van der Waals surface area contributed by atoms with Gasteiger partial charge in [-0.3, -0.25) is 9.78 Å². The number of anilines is 1. The molecule has 0 saturated carbocycles. The quantitative estimate of drug-likeness (QED) is 0.699. The fourth-order valence-corrected chi connectivity index (χ4v) is 5.50. The number of ether oxygens (including phenoxy) is 2. The summed E-state index contributed by atoms with van der Waals surface area (Å²) in [7, 11) is 1.60. The fraction of sp³-hybridized carbons (Fsp3) is 0.480. The molecule has 33 heavy (non-hydrogen) atoms. The van der Waals surface area contributed by atoms with Crippen molar-refractivity contribution in [3.05, 3.63) is 52.8 Å². The molecule has 4 heterocycles. The van der Waals surface area contributed by atoms with Gasteiger partial charge in [0.15, 0.2) is 0 Å². The number of esters is 1. The van der Waals surface area contributed by atoms with Crippen LogP contribution < -0.4 is 9.64 Å². The van der Waals surface area contributed by atoms with Crippen molar-refractivity contribution in [3.63, 3.8) is 0 Å². The largest absolute Gasteiger partial charge is 0.494 e. The van der Waals surface area contributed by atoms with Crippen LogP contribution in [-0.4, -0.2) is 60.2 Å². The Hall–Kier alpha value is -2.97. The lowest BCUT2D eigenvalue weighted by Gasteiger charge is -2.38. The van der Waals surface area contributed by atoms with Crippen molar-refractivity contribution >= 4 is 17.6 Å². The van der Waals surface area contributed by atoms with Crippen LogP contribution in [0.1, 0.15) is 52.4 Å². The summed E-state index contributed by atoms with van der Waals surface area (Å²) in [5, 5.41) is 10.9. The van der Waals surface area contributed by atoms with Crippen LogP contribution in [0.15, 0.2) is 30.6 Å². The third-order valence-electron chi connectivity index (χ3n) is 7.60. The van der Waals surface area contributed by atoms with Crippen LogP contribution >= 0.6 is 0 Å². The Balaban J connectivity index is 1.24. The van der Waals surface area contributed by atoms with Crippen molar-refractivity contribution in [1.82, 2.24) is 9.88 Å². The van der Waals surface area contributed by atoms with Crippen molar-refractivity contribution in [2.75, 3.05) is 38.2 Å². The predicted octanol–water partition coefficient (Wildman–Crippen LogP) is 2.62. The SMILES string of the molecule is COc1ccncc1N1CCC2(CCN(C[C@H](O)c3ccc4c(c3C)COC4=O)CC2)C1=O. The molecule has 1 aromatic heterocycles. The van der Waals surface area contributed by atoms with E-state index in [2.05, 4.69) is 9.88 Å². The number of rotatable bonds is 5. The van der Waals surface area contributed by atoms with E-state index in [-0.39, 0.29) is 23.9 Å². The van der Waals surface area contributed by atoms with Crippen molar-refractivity contribution in [2.45, 2.75) is 38.9 Å². The first kappa shape index (κ1) is 21.9. The molecule has 2 fully saturated rings. The van der Waals surface area contributed by atoms with Gasteiger partial charge < -0.3 is 24.4 Å². The predicted molar refractivity (Wildman–Crippen MR) is 121 cm³/mol. The molecule has 3 aliphatic rings. The number of nitrogens with zero attached hydrogens (tertiary/aromatic N) is 3. The molecular weight excluding hydrogens is 422 g/mol. The van der Waals surface area contributed by atoms with Gasteiger partial charge in [-0.05, 0) is 56.5 Å². The van der Waals surface area contributed by atoms with E-state index in [9.17, 15) is 14.7 Å². The van der Waals surface area contributed by atoms with Gasteiger partial charge in [0.25, 0.3) is 0 Å². The molecule has 0 bridgehead atoms. The van der Waals surface area contributed by atoms with Crippen LogP contribution in [0, 0.1) is 12.3 Å². The Morgan fingerprint density at radius 1 is 1.18 bits per heavy atom. The number of cyclic esters (lactones) is 1. The number of carbonyl (C=O) groups is 2. The van der Waals surface area contributed by atoms with Crippen LogP contribution in [0.2, 0.25) is 0 Å². The minimum Gasteiger partial charge on any atom is -0.494 e. The van der Waals surface area contributed by atoms with Gasteiger partial charge in [0.2, 0.25) is 5.91 Å². The highest BCUT2D eigenvalue weighted by atomic mass is 16.5. The number of methoxy groups -OCH3 is 1. The van der Waals surface area contributed by atoms with Gasteiger partial charge >= 0.3 is 5.97 Å². The summed E-state index contributed by atoms with van der Waals surface area (Å²) in [6.07, 6.45) is 5.05. The summed E-state index contributed by atoms with van der Waals surface area (Å²) in [6.45, 7) is 4.88. The van der Waals surface area contributed by atoms with Gasteiger partial charge in [-0.1, -0.05) is 6.07 Å². The van der Waals surface area contributed by atoms with Gasteiger partial charge in [0.05, 0.1) is 30.4 Å². The van der Waals surface area contributed by atoms with Crippen LogP contribution in [0.3, 0.4) is 0 Å². The van der Waals surface area contributed by atoms with Crippen molar-refractivity contribution in [1.29, 1.82) is 0 Å². The highest BCUT2D eigenvalue weighted by Crippen LogP contribution is 2.45. The minimum atomic E-state index is -0.657. The summed E-state index contributed by atoms with van der Waals surface area (Å²) in [5.74, 6) is 0.510. The molecule has 3 aliphatic heterocycles. The molecule has 2 aromatic rings. The number of likely N-dealkylation sites (tertiary alicyclic amines) is 1. The normalized spacial score (nSPS) is 20.8. The Morgan fingerprint density at radius 2 is 1.94 bits per heavy atom. The molecule has 0 unspecified atom stereocenters. The number of hydrogen-bond acceptors (Lipinski definition) is 7. The van der Waals surface area contributed by atoms with Crippen molar-refractivity contribution in [3.8, 4) is 5.75 Å². The highest BCUT2D eigenvalue weighted by molar-refractivity contribution is 6.01. The molecule has 1 amide bonds. The molecule has 1 spiro atoms. The maximum Gasteiger partial charge on any atom is 0.338 e. The smallest absolute Gasteiger partial charge is 0.338 e. The Kier molecular flexibility index (Phi) is 5.58. The van der Waals surface area contributed by atoms with Gasteiger partial charge in [0, 0.05) is 30.9 Å². The molecular formula is C25H29N3O5. The number of piperidine rings is 1. The summed E-state index contributed by atoms with van der Waals surface area (Å²) in [4.78, 5) is 33.4. The molecule has 174 valence electrons. The average molecular weight is 452 g/mol. The number of amides is 1. The zero-order valence-electron chi connectivity index (χ0n) is 19.0. The number of fused-ring (bicyclic) bond motifs is 1. The standard InChI is InChI=1S/C25H29N3O5/c1-16-17(3-4-18-19(16)15-33-23(18)30)21(29)14-27-10-6-25(7-11-27)8-12-28(24(25)31)20-13-26-9-5-22(20)32-2/h3-5,9,13,21,29H,6-8,10-12,14-15H2,1-2H3/t21-/m0/s1. The molecule has 5 rings (SSSR count). The first-order valence-electron chi connectivity index (χ1n) is 11.4. The number of hydrogen-bond donors (Lipinski definition) is 1. The first-order valence-corrected chi connectivity index (χ1v) is 11.4. The van der Waals surface area contributed by atoms with Gasteiger partial charge in [-0.25, -0.2) is 4.79 Å². The number of β-amino-alcohol motifs (C(OH)–C–C–N with tert-alkyl or cyclic N) is 1. The van der Waals surface area contributed by atoms with Gasteiger partial charge in [-0.2, -0.15) is 0 Å². The summed E-state index contributed by atoms with van der Waals surface area (Å²) >= 11 is 0. The van der Waals surface area contributed by atoms with Crippen molar-refractivity contribution < 1.29 is 24.2 Å². The lowest BCUT2D eigenvalue weighted by molar-refractivity contribution is -0.128. The van der Waals surface area contributed by atoms with E-state index >= 15 is 0 Å². The van der Waals surface area contributed by atoms with Gasteiger partial charge in [-0.15, -0.1) is 0 Å². The number of aliphatic hydroxyl groups excluding tert-OH is 1. The average Bonchev–Trinajstić information content (AvgIpc) is 3.36. The molecule has 8 nitrogen and oxygen atoms in total. The minimum absolute atomic E-state index is 0.146. The number of aromatic nitrogens is 1. The summed E-state index contributed by atoms with van der Waals surface area (Å²) < 4.78 is 10.6. The second kappa shape index (κ2) is 8.43. The topological polar surface area (TPSA) is 92.2 Å². The number of aliphatic hydroxyl groups is 1. The number of benzene rings is 1. The molecule has 0 radical (unpaired) electrons. The Bertz CT molecular complexity index is 1090. The number of pyridine rings is 1. The summed E-state index contributed by atoms with van der Waals surface area (Å²) in [6, 6.07) is 5.36. The van der Waals surface area contributed by atoms with Crippen LogP contribution in [0.5, 0.6) is 5.75 Å². The van der Waals surface area contributed by atoms with E-state index in [1.54, 1.807) is 31.6 Å². The molecule has 8 heteroatoms. The van der Waals surface area contributed by atoms with Crippen LogP contribution in [0.25, 0.3) is 0 Å². The van der Waals surface area contributed by atoms with Gasteiger partial charge in [0.1, 0.15) is 18.0 Å². The van der Waals surface area contributed by atoms with Crippen molar-refractivity contribution in [2.24, 2.45) is 5.41 Å². The molecule has 1 atom stereocenters. The molecule has 1 N–H and O–H groups in total. The maximum atomic E-state index is 13.4. The number of carbonyl (C=O) groups excluding carboxylic acids is 2. The maximum absolute atomic E-state index is 13.4. The van der Waals surface area contributed by atoms with E-state index in [0.29, 0.717) is 24.4 Å². The van der Waals surface area contributed by atoms with E-state index < -0.39 is 6.10 Å². The Labute approximate surface area is 193 Å². The van der Waals surface area contributed by atoms with Crippen LogP contribution in [-0.2, 0) is 16.1 Å². The molecule has 0 aliphatic carbocycles. The second-order valence-corrected chi connectivity index (χ2v) is 9.23. The lowest BCUT2D eigenvalue weighted by Crippen LogP contribution is -2.45. The van der Waals surface area contributed by atoms with E-state index in [4.69, 9.17) is 9.47 Å². The first-order chi connectivity index (χ1) is 15.9. The zero-order valence-corrected chi connectivity index (χ0v) is 19.0. The third-order valence-corrected chi connectivity index (χ3v) is 7.60. The molecule has 1 aromatic carbocycles. The van der Waals surface area contributed by atoms with Crippen LogP contribution in [0.4, 0.5) is 5.69 Å². The fourth-order valence-electron chi connectivity index (χ4n) is 5.50. The Morgan fingerprint density at radius 3 is 2.70 bits per heavy atom. The monoisotopic (exact) mass is 451 g/mol. The second-order valence-electron chi connectivity index (χ2n) is 9.23. The molecule has 2 saturated heterocycles.